The average Bonchev–Trinajstić information content (AvgIpc) is 3.41. The smallest absolute Gasteiger partial charge is 0.306 e. The Hall–Kier alpha value is -2.11. The van der Waals surface area contributed by atoms with Gasteiger partial charge in [0.15, 0.2) is 6.10 Å². The number of unbranched alkanes of at least 4 members (excludes halogenated alkanes) is 48. The van der Waals surface area contributed by atoms with Crippen LogP contribution < -0.4 is 0 Å². The van der Waals surface area contributed by atoms with Crippen LogP contribution in [0, 0.1) is 0 Å². The van der Waals surface area contributed by atoms with Gasteiger partial charge in [0.05, 0.1) is 0 Å². The number of ether oxygens (including phenoxy) is 3. The molecule has 0 saturated carbocycles. The molecule has 0 heterocycles. The van der Waals surface area contributed by atoms with E-state index in [1.165, 1.54) is 276 Å². The van der Waals surface area contributed by atoms with Crippen LogP contribution in [-0.4, -0.2) is 37.2 Å². The van der Waals surface area contributed by atoms with E-state index in [4.69, 9.17) is 14.2 Å². The highest BCUT2D eigenvalue weighted by Crippen LogP contribution is 2.18. The topological polar surface area (TPSA) is 78.9 Å². The first kappa shape index (κ1) is 72.9. The molecule has 0 fully saturated rings. The molecule has 6 nitrogen and oxygen atoms in total. The van der Waals surface area contributed by atoms with Crippen LogP contribution in [0.4, 0.5) is 0 Å². The zero-order valence-electron chi connectivity index (χ0n) is 50.8. The van der Waals surface area contributed by atoms with Crippen molar-refractivity contribution in [3.05, 3.63) is 24.3 Å². The summed E-state index contributed by atoms with van der Waals surface area (Å²) in [4.78, 5) is 38.1. The summed E-state index contributed by atoms with van der Waals surface area (Å²) in [7, 11) is 0. The minimum atomic E-state index is -0.769. The molecule has 0 bridgehead atoms. The summed E-state index contributed by atoms with van der Waals surface area (Å²) in [5, 5.41) is 0. The van der Waals surface area contributed by atoms with Gasteiger partial charge in [0, 0.05) is 19.3 Å². The molecule has 0 aromatic heterocycles. The highest BCUT2D eigenvalue weighted by atomic mass is 16.6. The molecule has 75 heavy (non-hydrogen) atoms. The molecule has 0 rings (SSSR count). The fourth-order valence-electron chi connectivity index (χ4n) is 10.3. The van der Waals surface area contributed by atoms with Crippen LogP contribution in [0.5, 0.6) is 0 Å². The molecule has 0 spiro atoms. The predicted molar refractivity (Wildman–Crippen MR) is 326 cm³/mol. The van der Waals surface area contributed by atoms with Crippen LogP contribution in [-0.2, 0) is 28.6 Å². The normalized spacial score (nSPS) is 12.1. The highest BCUT2D eigenvalue weighted by molar-refractivity contribution is 5.71. The first-order chi connectivity index (χ1) is 37.0. The molecule has 0 radical (unpaired) electrons. The van der Waals surface area contributed by atoms with Gasteiger partial charge in [0.1, 0.15) is 13.2 Å². The molecule has 0 N–H and O–H groups in total. The Morgan fingerprint density at radius 1 is 0.253 bits per heavy atom. The summed E-state index contributed by atoms with van der Waals surface area (Å²) < 4.78 is 16.9. The SMILES string of the molecule is CCCCCC/C=C\CCCCCCCC(=O)OC(COC(=O)CCCCCCCCCCC)COC(=O)CCCCCCCCCCCCCCCCCCCCCCCCC/C=C\CCCCCCCCCC. The maximum atomic E-state index is 12.8. The van der Waals surface area contributed by atoms with Crippen LogP contribution in [0.25, 0.3) is 0 Å². The molecule has 1 unspecified atom stereocenters. The molecule has 0 aromatic rings. The second-order valence-corrected chi connectivity index (χ2v) is 23.1. The zero-order chi connectivity index (χ0) is 54.3. The third-order valence-corrected chi connectivity index (χ3v) is 15.4. The van der Waals surface area contributed by atoms with Crippen molar-refractivity contribution < 1.29 is 28.6 Å². The Morgan fingerprint density at radius 2 is 0.440 bits per heavy atom. The number of carbonyl (C=O) groups is 3. The number of hydrogen-bond donors (Lipinski definition) is 0. The largest absolute Gasteiger partial charge is 0.462 e. The van der Waals surface area contributed by atoms with Crippen molar-refractivity contribution >= 4 is 17.9 Å². The molecule has 0 saturated heterocycles. The van der Waals surface area contributed by atoms with Crippen molar-refractivity contribution in [3.63, 3.8) is 0 Å². The first-order valence-electron chi connectivity index (χ1n) is 33.8. The summed E-state index contributed by atoms with van der Waals surface area (Å²) in [5.74, 6) is -0.858. The van der Waals surface area contributed by atoms with Crippen LogP contribution >= 0.6 is 0 Å². The van der Waals surface area contributed by atoms with Crippen LogP contribution in [0.2, 0.25) is 0 Å². The lowest BCUT2D eigenvalue weighted by atomic mass is 10.0. The van der Waals surface area contributed by atoms with Crippen molar-refractivity contribution in [2.24, 2.45) is 0 Å². The lowest BCUT2D eigenvalue weighted by Crippen LogP contribution is -2.30. The zero-order valence-corrected chi connectivity index (χ0v) is 50.8. The van der Waals surface area contributed by atoms with Gasteiger partial charge in [-0.3, -0.25) is 14.4 Å². The first-order valence-corrected chi connectivity index (χ1v) is 33.8. The minimum absolute atomic E-state index is 0.0689. The third-order valence-electron chi connectivity index (χ3n) is 15.4. The van der Waals surface area contributed by atoms with E-state index in [9.17, 15) is 14.4 Å². The van der Waals surface area contributed by atoms with Gasteiger partial charge in [0.2, 0.25) is 0 Å². The molecule has 442 valence electrons. The predicted octanol–water partition coefficient (Wildman–Crippen LogP) is 23.0. The second kappa shape index (κ2) is 64.4. The molecule has 6 heteroatoms. The van der Waals surface area contributed by atoms with Crippen molar-refractivity contribution in [2.75, 3.05) is 13.2 Å². The molecule has 0 aliphatic heterocycles. The molecule has 0 aliphatic rings. The van der Waals surface area contributed by atoms with Gasteiger partial charge in [-0.15, -0.1) is 0 Å². The standard InChI is InChI=1S/C69H130O6/c1-4-7-10-13-16-19-21-23-24-25-26-27-28-29-30-31-32-33-34-35-36-37-38-39-40-41-42-43-44-46-47-50-53-56-59-62-68(71)74-65-66(64-73-67(70)61-58-55-52-49-18-15-12-9-6-3)75-69(72)63-60-57-54-51-48-45-22-20-17-14-11-8-5-2/h20,22,25-26,66H,4-19,21,23-24,27-65H2,1-3H3/b22-20-,26-25-. The highest BCUT2D eigenvalue weighted by Gasteiger charge is 2.19. The van der Waals surface area contributed by atoms with Gasteiger partial charge in [-0.25, -0.2) is 0 Å². The summed E-state index contributed by atoms with van der Waals surface area (Å²) in [6, 6.07) is 0. The van der Waals surface area contributed by atoms with E-state index in [-0.39, 0.29) is 31.1 Å². The molecule has 1 atom stereocenters. The van der Waals surface area contributed by atoms with E-state index < -0.39 is 6.10 Å². The summed E-state index contributed by atoms with van der Waals surface area (Å²) in [6.07, 6.45) is 78.1. The number of hydrogen-bond acceptors (Lipinski definition) is 6. The van der Waals surface area contributed by atoms with E-state index in [0.29, 0.717) is 19.3 Å². The number of rotatable bonds is 63. The second-order valence-electron chi connectivity index (χ2n) is 23.1. The van der Waals surface area contributed by atoms with E-state index in [2.05, 4.69) is 45.1 Å². The van der Waals surface area contributed by atoms with Crippen LogP contribution in [0.15, 0.2) is 24.3 Å². The van der Waals surface area contributed by atoms with Gasteiger partial charge in [-0.2, -0.15) is 0 Å². The average molecular weight is 1060 g/mol. The van der Waals surface area contributed by atoms with Gasteiger partial charge < -0.3 is 14.2 Å². The van der Waals surface area contributed by atoms with Crippen LogP contribution in [0.1, 0.15) is 380 Å². The van der Waals surface area contributed by atoms with Crippen LogP contribution in [0.3, 0.4) is 0 Å². The van der Waals surface area contributed by atoms with E-state index in [0.717, 1.165) is 64.2 Å². The maximum absolute atomic E-state index is 12.8. The Balaban J connectivity index is 3.92. The fraction of sp³-hybridized carbons (Fsp3) is 0.899. The minimum Gasteiger partial charge on any atom is -0.462 e. The summed E-state index contributed by atoms with van der Waals surface area (Å²) >= 11 is 0. The Labute approximate surface area is 468 Å². The maximum Gasteiger partial charge on any atom is 0.306 e. The summed E-state index contributed by atoms with van der Waals surface area (Å²) in [6.45, 7) is 6.65. The number of carbonyl (C=O) groups excluding carboxylic acids is 3. The number of esters is 3. The number of allylic oxidation sites excluding steroid dienone is 4. The molecular formula is C69H130O6. The lowest BCUT2D eigenvalue weighted by Gasteiger charge is -2.18. The van der Waals surface area contributed by atoms with Crippen molar-refractivity contribution in [2.45, 2.75) is 386 Å². The van der Waals surface area contributed by atoms with E-state index >= 15 is 0 Å². The van der Waals surface area contributed by atoms with Gasteiger partial charge in [0.25, 0.3) is 0 Å². The Kier molecular flexibility index (Phi) is 62.6. The van der Waals surface area contributed by atoms with E-state index in [1.54, 1.807) is 0 Å². The van der Waals surface area contributed by atoms with Crippen molar-refractivity contribution in [1.82, 2.24) is 0 Å². The van der Waals surface area contributed by atoms with Gasteiger partial charge >= 0.3 is 17.9 Å². The molecular weight excluding hydrogens is 925 g/mol. The lowest BCUT2D eigenvalue weighted by molar-refractivity contribution is -0.167. The van der Waals surface area contributed by atoms with Crippen molar-refractivity contribution in [3.8, 4) is 0 Å². The molecule has 0 amide bonds. The van der Waals surface area contributed by atoms with Gasteiger partial charge in [-0.05, 0) is 70.6 Å². The Bertz CT molecular complexity index is 1210. The molecule has 0 aliphatic carbocycles. The summed E-state index contributed by atoms with van der Waals surface area (Å²) in [5.41, 5.74) is 0. The third kappa shape index (κ3) is 62.6. The van der Waals surface area contributed by atoms with E-state index in [1.807, 2.05) is 0 Å². The van der Waals surface area contributed by atoms with Gasteiger partial charge in [-0.1, -0.05) is 315 Å². The quantitative estimate of drug-likeness (QED) is 0.0261. The Morgan fingerprint density at radius 3 is 0.680 bits per heavy atom. The monoisotopic (exact) mass is 1050 g/mol. The fourth-order valence-corrected chi connectivity index (χ4v) is 10.3. The van der Waals surface area contributed by atoms with Crippen molar-refractivity contribution in [1.29, 1.82) is 0 Å². The molecule has 0 aromatic carbocycles.